The monoisotopic (exact) mass is 221 g/mol. The van der Waals surface area contributed by atoms with Crippen molar-refractivity contribution in [2.45, 2.75) is 30.0 Å². The van der Waals surface area contributed by atoms with E-state index in [2.05, 4.69) is 5.32 Å². The second kappa shape index (κ2) is 3.32. The van der Waals surface area contributed by atoms with E-state index in [-0.39, 0.29) is 11.8 Å². The van der Waals surface area contributed by atoms with Gasteiger partial charge in [0.1, 0.15) is 0 Å². The molecule has 13 heavy (non-hydrogen) atoms. The van der Waals surface area contributed by atoms with E-state index in [1.165, 1.54) is 6.42 Å². The number of piperidine rings is 1. The third-order valence-electron chi connectivity index (χ3n) is 3.20. The van der Waals surface area contributed by atoms with E-state index >= 15 is 0 Å². The molecule has 1 heterocycles. The van der Waals surface area contributed by atoms with Gasteiger partial charge in [-0.05, 0) is 18.8 Å². The lowest BCUT2D eigenvalue weighted by Gasteiger charge is -2.42. The molecule has 2 fully saturated rings. The molecule has 1 aliphatic heterocycles. The van der Waals surface area contributed by atoms with Crippen molar-refractivity contribution in [2.24, 2.45) is 11.8 Å². The summed E-state index contributed by atoms with van der Waals surface area (Å²) < 4.78 is -1.18. The lowest BCUT2D eigenvalue weighted by Crippen LogP contribution is -2.55. The SMILES string of the molecule is O=C1NC[C@@H]2CCCC[C@@H]2C1(Cl)Cl. The second-order valence-electron chi connectivity index (χ2n) is 3.98. The molecule has 2 nitrogen and oxygen atoms in total. The van der Waals surface area contributed by atoms with Crippen LogP contribution in [0.4, 0.5) is 0 Å². The fourth-order valence-corrected chi connectivity index (χ4v) is 3.15. The summed E-state index contributed by atoms with van der Waals surface area (Å²) in [6, 6.07) is 0. The summed E-state index contributed by atoms with van der Waals surface area (Å²) in [6.45, 7) is 0.755. The van der Waals surface area contributed by atoms with Crippen molar-refractivity contribution < 1.29 is 4.79 Å². The fourth-order valence-electron chi connectivity index (χ4n) is 2.44. The van der Waals surface area contributed by atoms with E-state index in [0.29, 0.717) is 5.92 Å². The number of hydrogen-bond donors (Lipinski definition) is 1. The molecule has 1 amide bonds. The first-order valence-electron chi connectivity index (χ1n) is 4.78. The smallest absolute Gasteiger partial charge is 0.256 e. The molecule has 0 unspecified atom stereocenters. The molecule has 0 aromatic rings. The summed E-state index contributed by atoms with van der Waals surface area (Å²) in [4.78, 5) is 11.4. The maximum Gasteiger partial charge on any atom is 0.256 e. The van der Waals surface area contributed by atoms with E-state index in [0.717, 1.165) is 25.8 Å². The van der Waals surface area contributed by atoms with Crippen LogP contribution in [0.25, 0.3) is 0 Å². The summed E-state index contributed by atoms with van der Waals surface area (Å²) >= 11 is 12.1. The van der Waals surface area contributed by atoms with Gasteiger partial charge in [0.25, 0.3) is 5.91 Å². The predicted molar refractivity (Wildman–Crippen MR) is 52.9 cm³/mol. The number of amides is 1. The molecule has 2 aliphatic rings. The van der Waals surface area contributed by atoms with Crippen molar-refractivity contribution in [3.8, 4) is 0 Å². The van der Waals surface area contributed by atoms with Gasteiger partial charge in [-0.1, -0.05) is 36.0 Å². The minimum Gasteiger partial charge on any atom is -0.353 e. The largest absolute Gasteiger partial charge is 0.353 e. The quantitative estimate of drug-likeness (QED) is 0.625. The number of carbonyl (C=O) groups is 1. The van der Waals surface area contributed by atoms with E-state index < -0.39 is 4.33 Å². The molecule has 0 aromatic heterocycles. The van der Waals surface area contributed by atoms with Crippen LogP contribution in [0.15, 0.2) is 0 Å². The van der Waals surface area contributed by atoms with Gasteiger partial charge >= 0.3 is 0 Å². The van der Waals surface area contributed by atoms with Crippen LogP contribution in [0, 0.1) is 11.8 Å². The summed E-state index contributed by atoms with van der Waals surface area (Å²) in [5, 5.41) is 2.77. The van der Waals surface area contributed by atoms with Crippen molar-refractivity contribution in [1.82, 2.24) is 5.32 Å². The number of halogens is 2. The summed E-state index contributed by atoms with van der Waals surface area (Å²) in [5.74, 6) is 0.443. The molecular formula is C9H13Cl2NO. The van der Waals surface area contributed by atoms with Crippen LogP contribution in [0.2, 0.25) is 0 Å². The Balaban J connectivity index is 2.19. The highest BCUT2D eigenvalue weighted by Gasteiger charge is 2.49. The molecule has 2 rings (SSSR count). The van der Waals surface area contributed by atoms with Crippen LogP contribution >= 0.6 is 23.2 Å². The zero-order chi connectivity index (χ0) is 9.47. The van der Waals surface area contributed by atoms with Crippen LogP contribution in [-0.4, -0.2) is 16.8 Å². The van der Waals surface area contributed by atoms with Gasteiger partial charge in [0.05, 0.1) is 0 Å². The summed E-state index contributed by atoms with van der Waals surface area (Å²) in [5.41, 5.74) is 0. The molecule has 1 N–H and O–H groups in total. The Bertz CT molecular complexity index is 230. The standard InChI is InChI=1S/C9H13Cl2NO/c10-9(11)7-4-2-1-3-6(7)5-12-8(9)13/h6-7H,1-5H2,(H,12,13)/t6-,7-/m0/s1. The topological polar surface area (TPSA) is 29.1 Å². The second-order valence-corrected chi connectivity index (χ2v) is 5.37. The zero-order valence-corrected chi connectivity index (χ0v) is 8.87. The van der Waals surface area contributed by atoms with E-state index in [4.69, 9.17) is 23.2 Å². The first-order valence-corrected chi connectivity index (χ1v) is 5.54. The molecule has 1 aliphatic carbocycles. The van der Waals surface area contributed by atoms with Gasteiger partial charge in [0.2, 0.25) is 0 Å². The third kappa shape index (κ3) is 1.55. The van der Waals surface area contributed by atoms with Crippen molar-refractivity contribution in [3.05, 3.63) is 0 Å². The lowest BCUT2D eigenvalue weighted by atomic mass is 9.75. The normalized spacial score (nSPS) is 37.8. The van der Waals surface area contributed by atoms with Crippen LogP contribution in [0.1, 0.15) is 25.7 Å². The predicted octanol–water partition coefficient (Wildman–Crippen LogP) is 2.10. The van der Waals surface area contributed by atoms with Gasteiger partial charge in [-0.15, -0.1) is 0 Å². The van der Waals surface area contributed by atoms with E-state index in [1.807, 2.05) is 0 Å². The summed E-state index contributed by atoms with van der Waals surface area (Å²) in [7, 11) is 0. The Morgan fingerprint density at radius 2 is 2.00 bits per heavy atom. The first kappa shape index (κ1) is 9.60. The van der Waals surface area contributed by atoms with Crippen LogP contribution in [0.5, 0.6) is 0 Å². The number of nitrogens with one attached hydrogen (secondary N) is 1. The number of alkyl halides is 2. The van der Waals surface area contributed by atoms with Crippen LogP contribution in [0.3, 0.4) is 0 Å². The molecule has 1 saturated carbocycles. The molecule has 1 saturated heterocycles. The van der Waals surface area contributed by atoms with Crippen LogP contribution in [-0.2, 0) is 4.79 Å². The molecule has 74 valence electrons. The van der Waals surface area contributed by atoms with Gasteiger partial charge in [-0.2, -0.15) is 0 Å². The van der Waals surface area contributed by atoms with Crippen molar-refractivity contribution in [1.29, 1.82) is 0 Å². The van der Waals surface area contributed by atoms with Gasteiger partial charge in [-0.3, -0.25) is 4.79 Å². The van der Waals surface area contributed by atoms with Gasteiger partial charge < -0.3 is 5.32 Å². The maximum atomic E-state index is 11.4. The van der Waals surface area contributed by atoms with Gasteiger partial charge in [-0.25, -0.2) is 0 Å². The molecule has 0 radical (unpaired) electrons. The highest BCUT2D eigenvalue weighted by atomic mass is 35.5. The number of carbonyl (C=O) groups excluding carboxylic acids is 1. The summed E-state index contributed by atoms with van der Waals surface area (Å²) in [6.07, 6.45) is 4.52. The fraction of sp³-hybridized carbons (Fsp3) is 0.889. The Kier molecular flexibility index (Phi) is 2.45. The van der Waals surface area contributed by atoms with Crippen LogP contribution < -0.4 is 5.32 Å². The molecule has 0 bridgehead atoms. The number of hydrogen-bond acceptors (Lipinski definition) is 1. The average Bonchev–Trinajstić information content (AvgIpc) is 2.13. The van der Waals surface area contributed by atoms with E-state index in [9.17, 15) is 4.79 Å². The Hall–Kier alpha value is 0.0500. The Morgan fingerprint density at radius 1 is 1.31 bits per heavy atom. The highest BCUT2D eigenvalue weighted by molar-refractivity contribution is 6.58. The number of rotatable bonds is 0. The molecule has 0 spiro atoms. The van der Waals surface area contributed by atoms with E-state index in [1.54, 1.807) is 0 Å². The lowest BCUT2D eigenvalue weighted by molar-refractivity contribution is -0.126. The molecule has 0 aromatic carbocycles. The maximum absolute atomic E-state index is 11.4. The zero-order valence-electron chi connectivity index (χ0n) is 7.35. The Morgan fingerprint density at radius 3 is 2.77 bits per heavy atom. The molecule has 2 atom stereocenters. The van der Waals surface area contributed by atoms with Gasteiger partial charge in [0, 0.05) is 12.5 Å². The molecular weight excluding hydrogens is 209 g/mol. The minimum absolute atomic E-state index is 0.165. The minimum atomic E-state index is -1.18. The number of fused-ring (bicyclic) bond motifs is 1. The first-order chi connectivity index (χ1) is 6.12. The van der Waals surface area contributed by atoms with Gasteiger partial charge in [0.15, 0.2) is 4.33 Å². The average molecular weight is 222 g/mol. The van der Waals surface area contributed by atoms with Crippen molar-refractivity contribution >= 4 is 29.1 Å². The van der Waals surface area contributed by atoms with Crippen molar-refractivity contribution in [3.63, 3.8) is 0 Å². The molecule has 4 heteroatoms. The third-order valence-corrected chi connectivity index (χ3v) is 4.11. The van der Waals surface area contributed by atoms with Crippen molar-refractivity contribution in [2.75, 3.05) is 6.54 Å². The highest BCUT2D eigenvalue weighted by Crippen LogP contribution is 2.45. The Labute approximate surface area is 88.0 Å².